The number of phenols is 1. The molecule has 0 bridgehead atoms. The van der Waals surface area contributed by atoms with Gasteiger partial charge in [-0.1, -0.05) is 23.2 Å². The number of hydrogen-bond acceptors (Lipinski definition) is 6. The van der Waals surface area contributed by atoms with Gasteiger partial charge in [0.1, 0.15) is 0 Å². The van der Waals surface area contributed by atoms with Gasteiger partial charge in [0.2, 0.25) is 5.75 Å². The Bertz CT molecular complexity index is 870. The molecule has 2 N–H and O–H groups in total. The molecule has 1 amide bonds. The fraction of sp³-hybridized carbons (Fsp3) is 0.0667. The standard InChI is InChI=1S/C15H11Cl2N3O5/c1-25-13-5-8(4-12(14(13)21)20(23)24)7-18-19-15(22)10-6-9(16)2-3-11(10)17/h2-7,21H,1H3,(H,19,22)/b18-7-. The first-order valence-electron chi connectivity index (χ1n) is 6.67. The van der Waals surface area contributed by atoms with Crippen LogP contribution in [0.3, 0.4) is 0 Å². The summed E-state index contributed by atoms with van der Waals surface area (Å²) >= 11 is 11.7. The first kappa shape index (κ1) is 18.5. The van der Waals surface area contributed by atoms with Gasteiger partial charge in [0, 0.05) is 16.7 Å². The average molecular weight is 384 g/mol. The number of nitrogens with one attached hydrogen (secondary N) is 1. The highest BCUT2D eigenvalue weighted by Crippen LogP contribution is 2.36. The van der Waals surface area contributed by atoms with E-state index < -0.39 is 22.3 Å². The lowest BCUT2D eigenvalue weighted by Gasteiger charge is -2.05. The van der Waals surface area contributed by atoms with Crippen LogP contribution in [0.5, 0.6) is 11.5 Å². The van der Waals surface area contributed by atoms with Gasteiger partial charge in [0.05, 0.1) is 28.8 Å². The number of carbonyl (C=O) groups excluding carboxylic acids is 1. The Morgan fingerprint density at radius 1 is 1.36 bits per heavy atom. The van der Waals surface area contributed by atoms with Crippen LogP contribution in [-0.4, -0.2) is 29.3 Å². The maximum atomic E-state index is 12.0. The second-order valence-corrected chi connectivity index (χ2v) is 5.51. The second kappa shape index (κ2) is 7.82. The zero-order valence-electron chi connectivity index (χ0n) is 12.7. The van der Waals surface area contributed by atoms with E-state index in [0.29, 0.717) is 5.02 Å². The number of hydrazone groups is 1. The fourth-order valence-electron chi connectivity index (χ4n) is 1.88. The predicted molar refractivity (Wildman–Crippen MR) is 92.8 cm³/mol. The number of methoxy groups -OCH3 is 1. The third kappa shape index (κ3) is 4.37. The molecular formula is C15H11Cl2N3O5. The van der Waals surface area contributed by atoms with Crippen molar-refractivity contribution < 1.29 is 19.6 Å². The SMILES string of the molecule is COc1cc(/C=N\NC(=O)c2cc(Cl)ccc2Cl)cc([N+](=O)[O-])c1O. The van der Waals surface area contributed by atoms with Crippen molar-refractivity contribution in [2.45, 2.75) is 0 Å². The third-order valence-electron chi connectivity index (χ3n) is 3.05. The minimum Gasteiger partial charge on any atom is -0.500 e. The molecule has 0 unspecified atom stereocenters. The molecule has 2 aromatic rings. The van der Waals surface area contributed by atoms with Gasteiger partial charge in [-0.2, -0.15) is 5.10 Å². The highest BCUT2D eigenvalue weighted by atomic mass is 35.5. The van der Waals surface area contributed by atoms with Gasteiger partial charge in [-0.3, -0.25) is 14.9 Å². The number of ether oxygens (including phenoxy) is 1. The van der Waals surface area contributed by atoms with Crippen LogP contribution in [0.15, 0.2) is 35.4 Å². The molecule has 0 radical (unpaired) electrons. The van der Waals surface area contributed by atoms with Crippen molar-refractivity contribution in [3.8, 4) is 11.5 Å². The molecule has 0 spiro atoms. The van der Waals surface area contributed by atoms with Crippen molar-refractivity contribution >= 4 is 41.0 Å². The maximum Gasteiger partial charge on any atom is 0.315 e. The average Bonchev–Trinajstić information content (AvgIpc) is 2.57. The van der Waals surface area contributed by atoms with Crippen LogP contribution >= 0.6 is 23.2 Å². The van der Waals surface area contributed by atoms with Crippen LogP contribution in [0.25, 0.3) is 0 Å². The van der Waals surface area contributed by atoms with Gasteiger partial charge in [0.15, 0.2) is 5.75 Å². The van der Waals surface area contributed by atoms with Crippen LogP contribution in [-0.2, 0) is 0 Å². The molecule has 0 saturated heterocycles. The molecule has 0 atom stereocenters. The van der Waals surface area contributed by atoms with Crippen molar-refractivity contribution in [3.63, 3.8) is 0 Å². The molecule has 8 nitrogen and oxygen atoms in total. The minimum atomic E-state index is -0.764. The van der Waals surface area contributed by atoms with Gasteiger partial charge in [-0.25, -0.2) is 5.43 Å². The Morgan fingerprint density at radius 3 is 2.72 bits per heavy atom. The van der Waals surface area contributed by atoms with Crippen molar-refractivity contribution in [2.75, 3.05) is 7.11 Å². The molecule has 0 aliphatic rings. The predicted octanol–water partition coefficient (Wildman–Crippen LogP) is 3.38. The van der Waals surface area contributed by atoms with Crippen LogP contribution < -0.4 is 10.2 Å². The molecule has 0 aliphatic heterocycles. The number of nitro groups is 1. The summed E-state index contributed by atoms with van der Waals surface area (Å²) in [6.07, 6.45) is 1.16. The lowest BCUT2D eigenvalue weighted by molar-refractivity contribution is -0.386. The number of amides is 1. The lowest BCUT2D eigenvalue weighted by Crippen LogP contribution is -2.18. The summed E-state index contributed by atoms with van der Waals surface area (Å²) in [5.41, 5.74) is 2.04. The normalized spacial score (nSPS) is 10.7. The Balaban J connectivity index is 2.22. The summed E-state index contributed by atoms with van der Waals surface area (Å²) in [6.45, 7) is 0. The van der Waals surface area contributed by atoms with E-state index in [1.54, 1.807) is 0 Å². The summed E-state index contributed by atoms with van der Waals surface area (Å²) in [4.78, 5) is 22.2. The Hall–Kier alpha value is -2.84. The van der Waals surface area contributed by atoms with Crippen LogP contribution in [0.4, 0.5) is 5.69 Å². The quantitative estimate of drug-likeness (QED) is 0.466. The molecule has 2 rings (SSSR count). The molecular weight excluding hydrogens is 373 g/mol. The Morgan fingerprint density at radius 2 is 2.08 bits per heavy atom. The zero-order chi connectivity index (χ0) is 18.6. The molecule has 0 fully saturated rings. The summed E-state index contributed by atoms with van der Waals surface area (Å²) < 4.78 is 4.87. The number of phenolic OH excluding ortho intramolecular Hbond substituents is 1. The number of nitro benzene ring substituents is 1. The number of halogens is 2. The minimum absolute atomic E-state index is 0.0973. The first-order valence-corrected chi connectivity index (χ1v) is 7.43. The van der Waals surface area contributed by atoms with E-state index in [-0.39, 0.29) is 21.9 Å². The summed E-state index contributed by atoms with van der Waals surface area (Å²) in [5, 5.41) is 24.9. The van der Waals surface area contributed by atoms with E-state index in [4.69, 9.17) is 27.9 Å². The number of benzene rings is 2. The zero-order valence-corrected chi connectivity index (χ0v) is 14.2. The first-order chi connectivity index (χ1) is 11.8. The third-order valence-corrected chi connectivity index (χ3v) is 3.61. The van der Waals surface area contributed by atoms with Crippen LogP contribution in [0, 0.1) is 10.1 Å². The number of rotatable bonds is 5. The Labute approximate surface area is 151 Å². The molecule has 2 aromatic carbocycles. The van der Waals surface area contributed by atoms with Gasteiger partial charge in [-0.15, -0.1) is 0 Å². The van der Waals surface area contributed by atoms with E-state index in [1.165, 1.54) is 31.4 Å². The molecule has 0 aliphatic carbocycles. The van der Waals surface area contributed by atoms with E-state index >= 15 is 0 Å². The topological polar surface area (TPSA) is 114 Å². The van der Waals surface area contributed by atoms with Gasteiger partial charge < -0.3 is 9.84 Å². The van der Waals surface area contributed by atoms with E-state index in [2.05, 4.69) is 10.5 Å². The largest absolute Gasteiger partial charge is 0.500 e. The van der Waals surface area contributed by atoms with Gasteiger partial charge >= 0.3 is 5.69 Å². The molecule has 0 heterocycles. The monoisotopic (exact) mass is 383 g/mol. The highest BCUT2D eigenvalue weighted by Gasteiger charge is 2.19. The van der Waals surface area contributed by atoms with Crippen molar-refractivity contribution in [2.24, 2.45) is 5.10 Å². The maximum absolute atomic E-state index is 12.0. The summed E-state index contributed by atoms with van der Waals surface area (Å²) in [7, 11) is 1.25. The summed E-state index contributed by atoms with van der Waals surface area (Å²) in [6, 6.07) is 6.79. The van der Waals surface area contributed by atoms with Crippen molar-refractivity contribution in [1.82, 2.24) is 5.43 Å². The van der Waals surface area contributed by atoms with Crippen molar-refractivity contribution in [3.05, 3.63) is 61.6 Å². The second-order valence-electron chi connectivity index (χ2n) is 4.67. The van der Waals surface area contributed by atoms with Gasteiger partial charge in [-0.05, 0) is 24.3 Å². The number of hydrogen-bond donors (Lipinski definition) is 2. The molecule has 0 aromatic heterocycles. The van der Waals surface area contributed by atoms with Crippen LogP contribution in [0.2, 0.25) is 10.0 Å². The van der Waals surface area contributed by atoms with E-state index in [1.807, 2.05) is 0 Å². The van der Waals surface area contributed by atoms with Crippen LogP contribution in [0.1, 0.15) is 15.9 Å². The number of carbonyl (C=O) groups is 1. The highest BCUT2D eigenvalue weighted by molar-refractivity contribution is 6.35. The van der Waals surface area contributed by atoms with Gasteiger partial charge in [0.25, 0.3) is 5.91 Å². The summed E-state index contributed by atoms with van der Waals surface area (Å²) in [5.74, 6) is -1.30. The molecule has 25 heavy (non-hydrogen) atoms. The smallest absolute Gasteiger partial charge is 0.315 e. The number of nitrogens with zero attached hydrogens (tertiary/aromatic N) is 2. The van der Waals surface area contributed by atoms with E-state index in [0.717, 1.165) is 12.3 Å². The lowest BCUT2D eigenvalue weighted by atomic mass is 10.2. The molecule has 10 heteroatoms. The molecule has 130 valence electrons. The molecule has 0 saturated carbocycles. The fourth-order valence-corrected chi connectivity index (χ4v) is 2.26. The van der Waals surface area contributed by atoms with E-state index in [9.17, 15) is 20.0 Å². The van der Waals surface area contributed by atoms with Crippen molar-refractivity contribution in [1.29, 1.82) is 0 Å². The number of aromatic hydroxyl groups is 1. The Kier molecular flexibility index (Phi) is 5.79.